The average Bonchev–Trinajstić information content (AvgIpc) is 3.30. The standard InChI is InChI=1S/C23H16N2O2/c1-15-6-12-21-19(14-15)25-23(27-21)17-10-7-16(8-11-17)9-13-22-24-18-4-2-3-5-20(18)26-22/h2-14H,1H3. The minimum Gasteiger partial charge on any atom is -0.437 e. The van der Waals surface area contributed by atoms with Gasteiger partial charge in [0, 0.05) is 11.6 Å². The predicted octanol–water partition coefficient (Wildman–Crippen LogP) is 6.11. The van der Waals surface area contributed by atoms with E-state index in [0.29, 0.717) is 11.8 Å². The molecule has 0 unspecified atom stereocenters. The Morgan fingerprint density at radius 3 is 2.41 bits per heavy atom. The smallest absolute Gasteiger partial charge is 0.227 e. The number of fused-ring (bicyclic) bond motifs is 2. The summed E-state index contributed by atoms with van der Waals surface area (Å²) in [6.45, 7) is 2.05. The van der Waals surface area contributed by atoms with E-state index in [-0.39, 0.29) is 0 Å². The van der Waals surface area contributed by atoms with E-state index >= 15 is 0 Å². The molecule has 0 fully saturated rings. The highest BCUT2D eigenvalue weighted by Crippen LogP contribution is 2.25. The molecule has 5 rings (SSSR count). The molecule has 5 aromatic rings. The first-order valence-corrected chi connectivity index (χ1v) is 8.76. The first-order valence-electron chi connectivity index (χ1n) is 8.76. The van der Waals surface area contributed by atoms with Crippen molar-refractivity contribution < 1.29 is 8.83 Å². The van der Waals surface area contributed by atoms with Crippen LogP contribution in [-0.4, -0.2) is 9.97 Å². The molecular weight excluding hydrogens is 336 g/mol. The molecule has 3 aromatic carbocycles. The van der Waals surface area contributed by atoms with Gasteiger partial charge in [0.1, 0.15) is 11.0 Å². The molecule has 130 valence electrons. The van der Waals surface area contributed by atoms with Crippen molar-refractivity contribution in [2.24, 2.45) is 0 Å². The van der Waals surface area contributed by atoms with E-state index in [4.69, 9.17) is 8.83 Å². The maximum absolute atomic E-state index is 5.86. The van der Waals surface area contributed by atoms with Crippen LogP contribution in [0.5, 0.6) is 0 Å². The van der Waals surface area contributed by atoms with E-state index in [0.717, 1.165) is 33.3 Å². The Morgan fingerprint density at radius 2 is 1.56 bits per heavy atom. The predicted molar refractivity (Wildman–Crippen MR) is 107 cm³/mol. The van der Waals surface area contributed by atoms with Crippen molar-refractivity contribution in [1.29, 1.82) is 0 Å². The number of hydrogen-bond donors (Lipinski definition) is 0. The number of aryl methyl sites for hydroxylation is 1. The van der Waals surface area contributed by atoms with Crippen LogP contribution in [0, 0.1) is 6.92 Å². The number of oxazole rings is 2. The Balaban J connectivity index is 1.40. The number of para-hydroxylation sites is 2. The van der Waals surface area contributed by atoms with Gasteiger partial charge in [-0.1, -0.05) is 30.3 Å². The van der Waals surface area contributed by atoms with Crippen LogP contribution in [0.2, 0.25) is 0 Å². The molecule has 0 aliphatic rings. The highest BCUT2D eigenvalue weighted by molar-refractivity contribution is 5.78. The normalized spacial score (nSPS) is 11.7. The zero-order chi connectivity index (χ0) is 18.2. The molecule has 0 atom stereocenters. The van der Waals surface area contributed by atoms with Gasteiger partial charge in [-0.3, -0.25) is 0 Å². The van der Waals surface area contributed by atoms with Crippen molar-refractivity contribution in [3.63, 3.8) is 0 Å². The van der Waals surface area contributed by atoms with E-state index in [2.05, 4.69) is 9.97 Å². The van der Waals surface area contributed by atoms with E-state index in [9.17, 15) is 0 Å². The van der Waals surface area contributed by atoms with Gasteiger partial charge < -0.3 is 8.83 Å². The summed E-state index contributed by atoms with van der Waals surface area (Å²) in [6, 6.07) is 21.8. The molecule has 27 heavy (non-hydrogen) atoms. The van der Waals surface area contributed by atoms with Crippen molar-refractivity contribution in [1.82, 2.24) is 9.97 Å². The van der Waals surface area contributed by atoms with Crippen molar-refractivity contribution in [2.75, 3.05) is 0 Å². The number of rotatable bonds is 3. The monoisotopic (exact) mass is 352 g/mol. The van der Waals surface area contributed by atoms with Crippen molar-refractivity contribution in [2.45, 2.75) is 6.92 Å². The summed E-state index contributed by atoms with van der Waals surface area (Å²) in [7, 11) is 0. The summed E-state index contributed by atoms with van der Waals surface area (Å²) in [5.41, 5.74) is 6.50. The highest BCUT2D eigenvalue weighted by Gasteiger charge is 2.08. The maximum Gasteiger partial charge on any atom is 0.227 e. The van der Waals surface area contributed by atoms with Gasteiger partial charge in [0.05, 0.1) is 0 Å². The molecule has 4 nitrogen and oxygen atoms in total. The zero-order valence-electron chi connectivity index (χ0n) is 14.7. The fraction of sp³-hybridized carbons (Fsp3) is 0.0435. The molecule has 0 saturated carbocycles. The minimum atomic E-state index is 0.592. The third-order valence-corrected chi connectivity index (χ3v) is 4.43. The van der Waals surface area contributed by atoms with Crippen LogP contribution >= 0.6 is 0 Å². The van der Waals surface area contributed by atoms with Crippen molar-refractivity contribution in [3.8, 4) is 11.5 Å². The Hall–Kier alpha value is -3.66. The molecule has 0 N–H and O–H groups in total. The minimum absolute atomic E-state index is 0.592. The molecule has 0 amide bonds. The second-order valence-electron chi connectivity index (χ2n) is 6.47. The van der Waals surface area contributed by atoms with Crippen LogP contribution in [0.3, 0.4) is 0 Å². The average molecular weight is 352 g/mol. The zero-order valence-corrected chi connectivity index (χ0v) is 14.7. The van der Waals surface area contributed by atoms with Gasteiger partial charge in [-0.25, -0.2) is 9.97 Å². The largest absolute Gasteiger partial charge is 0.437 e. The number of nitrogens with zero attached hydrogens (tertiary/aromatic N) is 2. The molecule has 0 spiro atoms. The Kier molecular flexibility index (Phi) is 3.61. The first kappa shape index (κ1) is 15.6. The Morgan fingerprint density at radius 1 is 0.741 bits per heavy atom. The van der Waals surface area contributed by atoms with Gasteiger partial charge in [-0.15, -0.1) is 0 Å². The lowest BCUT2D eigenvalue weighted by molar-refractivity contribution is 0.589. The molecule has 4 heteroatoms. The van der Waals surface area contributed by atoms with Crippen LogP contribution in [0.15, 0.2) is 75.6 Å². The summed E-state index contributed by atoms with van der Waals surface area (Å²) in [6.07, 6.45) is 3.85. The van der Waals surface area contributed by atoms with Gasteiger partial charge >= 0.3 is 0 Å². The van der Waals surface area contributed by atoms with Crippen LogP contribution in [0.4, 0.5) is 0 Å². The molecule has 0 aliphatic carbocycles. The van der Waals surface area contributed by atoms with E-state index in [1.54, 1.807) is 0 Å². The highest BCUT2D eigenvalue weighted by atomic mass is 16.4. The molecule has 2 heterocycles. The third kappa shape index (κ3) is 3.02. The lowest BCUT2D eigenvalue weighted by Crippen LogP contribution is -1.78. The number of hydrogen-bond acceptors (Lipinski definition) is 4. The summed E-state index contributed by atoms with van der Waals surface area (Å²) >= 11 is 0. The van der Waals surface area contributed by atoms with Gasteiger partial charge in [0.2, 0.25) is 11.8 Å². The summed E-state index contributed by atoms with van der Waals surface area (Å²) in [5, 5.41) is 0. The summed E-state index contributed by atoms with van der Waals surface area (Å²) in [5.74, 6) is 1.22. The van der Waals surface area contributed by atoms with Crippen LogP contribution in [0.1, 0.15) is 17.0 Å². The summed E-state index contributed by atoms with van der Waals surface area (Å²) < 4.78 is 11.6. The second kappa shape index (κ2) is 6.25. The maximum atomic E-state index is 5.86. The van der Waals surface area contributed by atoms with Gasteiger partial charge in [0.15, 0.2) is 11.2 Å². The fourth-order valence-corrected chi connectivity index (χ4v) is 3.03. The van der Waals surface area contributed by atoms with Crippen LogP contribution in [0.25, 0.3) is 45.8 Å². The lowest BCUT2D eigenvalue weighted by Gasteiger charge is -1.96. The molecule has 0 saturated heterocycles. The fourth-order valence-electron chi connectivity index (χ4n) is 3.03. The van der Waals surface area contributed by atoms with E-state index < -0.39 is 0 Å². The van der Waals surface area contributed by atoms with Gasteiger partial charge in [-0.2, -0.15) is 0 Å². The van der Waals surface area contributed by atoms with E-state index in [1.807, 2.05) is 85.8 Å². The van der Waals surface area contributed by atoms with Crippen LogP contribution < -0.4 is 0 Å². The van der Waals surface area contributed by atoms with Crippen LogP contribution in [-0.2, 0) is 0 Å². The van der Waals surface area contributed by atoms with Crippen molar-refractivity contribution in [3.05, 3.63) is 83.7 Å². The van der Waals surface area contributed by atoms with E-state index in [1.165, 1.54) is 5.56 Å². The topological polar surface area (TPSA) is 52.1 Å². The third-order valence-electron chi connectivity index (χ3n) is 4.43. The molecular formula is C23H16N2O2. The second-order valence-corrected chi connectivity index (χ2v) is 6.47. The Bertz CT molecular complexity index is 1240. The number of aromatic nitrogens is 2. The first-order chi connectivity index (χ1) is 13.2. The molecule has 2 aromatic heterocycles. The Labute approximate surface area is 155 Å². The molecule has 0 aliphatic heterocycles. The SMILES string of the molecule is Cc1ccc2oc(-c3ccc(C=Cc4nc5ccccc5o4)cc3)nc2c1. The van der Waals surface area contributed by atoms with Gasteiger partial charge in [-0.05, 0) is 60.5 Å². The lowest BCUT2D eigenvalue weighted by atomic mass is 10.1. The quantitative estimate of drug-likeness (QED) is 0.393. The molecule has 0 bridgehead atoms. The molecule has 0 radical (unpaired) electrons. The van der Waals surface area contributed by atoms with Crippen molar-refractivity contribution >= 4 is 34.4 Å². The van der Waals surface area contributed by atoms with Gasteiger partial charge in [0.25, 0.3) is 0 Å². The summed E-state index contributed by atoms with van der Waals surface area (Å²) in [4.78, 5) is 9.03. The number of benzene rings is 3.